The van der Waals surface area contributed by atoms with Crippen LogP contribution in [0.1, 0.15) is 44.4 Å². The second kappa shape index (κ2) is 11.5. The molecule has 2 N–H and O–H groups in total. The quantitative estimate of drug-likeness (QED) is 0.168. The first-order chi connectivity index (χ1) is 20.8. The van der Waals surface area contributed by atoms with Crippen LogP contribution in [-0.2, 0) is 0 Å². The number of nitrogens with zero attached hydrogens (tertiary/aromatic N) is 2. The van der Waals surface area contributed by atoms with E-state index in [1.54, 1.807) is 48.5 Å². The SMILES string of the molecule is Cc1[nH]n(-c2ccccc2)c(=O)c1C(c1ccc(OC(=O)c2ccccc2Cl)cc1)c1c(C)[nH]n(-c2ccccc2)c1=O. The first kappa shape index (κ1) is 27.8. The van der Waals surface area contributed by atoms with Crippen molar-refractivity contribution in [1.29, 1.82) is 0 Å². The molecule has 2 heterocycles. The largest absolute Gasteiger partial charge is 0.423 e. The molecular weight excluding hydrogens is 564 g/mol. The summed E-state index contributed by atoms with van der Waals surface area (Å²) in [6.45, 7) is 3.64. The van der Waals surface area contributed by atoms with Gasteiger partial charge in [-0.3, -0.25) is 19.8 Å². The highest BCUT2D eigenvalue weighted by atomic mass is 35.5. The van der Waals surface area contributed by atoms with Crippen LogP contribution >= 0.6 is 11.6 Å². The van der Waals surface area contributed by atoms with E-state index in [1.807, 2.05) is 74.5 Å². The van der Waals surface area contributed by atoms with Crippen molar-refractivity contribution in [2.24, 2.45) is 0 Å². The summed E-state index contributed by atoms with van der Waals surface area (Å²) in [5, 5.41) is 6.67. The summed E-state index contributed by atoms with van der Waals surface area (Å²) in [6.07, 6.45) is 0. The van der Waals surface area contributed by atoms with E-state index in [0.29, 0.717) is 50.2 Å². The summed E-state index contributed by atoms with van der Waals surface area (Å²) < 4.78 is 8.54. The van der Waals surface area contributed by atoms with Crippen LogP contribution < -0.4 is 15.9 Å². The molecule has 8 nitrogen and oxygen atoms in total. The molecule has 0 saturated carbocycles. The van der Waals surface area contributed by atoms with E-state index in [-0.39, 0.29) is 16.7 Å². The van der Waals surface area contributed by atoms with Crippen LogP contribution in [0.2, 0.25) is 5.02 Å². The van der Waals surface area contributed by atoms with Gasteiger partial charge in [0.1, 0.15) is 5.75 Å². The topological polar surface area (TPSA) is 102 Å². The molecule has 0 amide bonds. The number of aromatic amines is 2. The molecule has 0 unspecified atom stereocenters. The van der Waals surface area contributed by atoms with Gasteiger partial charge in [0.15, 0.2) is 0 Å². The lowest BCUT2D eigenvalue weighted by molar-refractivity contribution is 0.0735. The van der Waals surface area contributed by atoms with Gasteiger partial charge in [-0.2, -0.15) is 0 Å². The fourth-order valence-electron chi connectivity index (χ4n) is 5.31. The van der Waals surface area contributed by atoms with Crippen molar-refractivity contribution in [1.82, 2.24) is 19.6 Å². The number of hydrogen-bond acceptors (Lipinski definition) is 4. The minimum absolute atomic E-state index is 0.250. The number of aryl methyl sites for hydroxylation is 2. The van der Waals surface area contributed by atoms with Gasteiger partial charge in [0.25, 0.3) is 11.1 Å². The maximum atomic E-state index is 14.0. The molecule has 9 heteroatoms. The summed E-state index contributed by atoms with van der Waals surface area (Å²) in [5.41, 5.74) is 3.86. The Labute approximate surface area is 251 Å². The van der Waals surface area contributed by atoms with Gasteiger partial charge < -0.3 is 4.74 Å². The number of ether oxygens (including phenoxy) is 1. The van der Waals surface area contributed by atoms with E-state index in [0.717, 1.165) is 0 Å². The van der Waals surface area contributed by atoms with Crippen LogP contribution in [0.3, 0.4) is 0 Å². The summed E-state index contributed by atoms with van der Waals surface area (Å²) in [5.74, 6) is -1.02. The zero-order chi connectivity index (χ0) is 30.1. The lowest BCUT2D eigenvalue weighted by Crippen LogP contribution is -2.25. The molecule has 2 aromatic heterocycles. The number of rotatable bonds is 7. The van der Waals surface area contributed by atoms with Crippen LogP contribution in [0.25, 0.3) is 11.4 Å². The van der Waals surface area contributed by atoms with E-state index in [4.69, 9.17) is 16.3 Å². The molecule has 6 aromatic rings. The Morgan fingerprint density at radius 2 is 1.14 bits per heavy atom. The lowest BCUT2D eigenvalue weighted by Gasteiger charge is -2.16. The second-order valence-electron chi connectivity index (χ2n) is 10.1. The van der Waals surface area contributed by atoms with E-state index in [1.165, 1.54) is 9.36 Å². The molecule has 43 heavy (non-hydrogen) atoms. The maximum Gasteiger partial charge on any atom is 0.345 e. The molecule has 0 radical (unpaired) electrons. The van der Waals surface area contributed by atoms with Crippen molar-refractivity contribution in [2.45, 2.75) is 19.8 Å². The first-order valence-electron chi connectivity index (χ1n) is 13.6. The number of esters is 1. The number of carbonyl (C=O) groups excluding carboxylic acids is 1. The lowest BCUT2D eigenvalue weighted by atomic mass is 9.85. The fourth-order valence-corrected chi connectivity index (χ4v) is 5.52. The van der Waals surface area contributed by atoms with E-state index in [2.05, 4.69) is 10.2 Å². The molecule has 0 spiro atoms. The van der Waals surface area contributed by atoms with E-state index >= 15 is 0 Å². The Kier molecular flexibility index (Phi) is 7.44. The fraction of sp³-hybridized carbons (Fsp3) is 0.0882. The van der Waals surface area contributed by atoms with Gasteiger partial charge >= 0.3 is 5.97 Å². The van der Waals surface area contributed by atoms with Crippen molar-refractivity contribution < 1.29 is 9.53 Å². The van der Waals surface area contributed by atoms with E-state index in [9.17, 15) is 14.4 Å². The average molecular weight is 591 g/mol. The Morgan fingerprint density at radius 3 is 1.63 bits per heavy atom. The summed E-state index contributed by atoms with van der Waals surface area (Å²) in [4.78, 5) is 40.8. The van der Waals surface area contributed by atoms with Crippen LogP contribution in [0.5, 0.6) is 5.75 Å². The second-order valence-corrected chi connectivity index (χ2v) is 10.5. The first-order valence-corrected chi connectivity index (χ1v) is 14.0. The van der Waals surface area contributed by atoms with Gasteiger partial charge in [-0.1, -0.05) is 72.3 Å². The number of hydrogen-bond donors (Lipinski definition) is 2. The van der Waals surface area contributed by atoms with E-state index < -0.39 is 11.9 Å². The highest BCUT2D eigenvalue weighted by molar-refractivity contribution is 6.33. The summed E-state index contributed by atoms with van der Waals surface area (Å²) >= 11 is 6.17. The molecule has 0 aliphatic carbocycles. The molecule has 6 rings (SSSR count). The van der Waals surface area contributed by atoms with Gasteiger partial charge in [0.05, 0.1) is 33.1 Å². The van der Waals surface area contributed by atoms with Gasteiger partial charge in [-0.05, 0) is 67.9 Å². The molecule has 0 bridgehead atoms. The molecule has 0 saturated heterocycles. The third-order valence-electron chi connectivity index (χ3n) is 7.36. The monoisotopic (exact) mass is 590 g/mol. The number of aromatic nitrogens is 4. The van der Waals surface area contributed by atoms with Gasteiger partial charge in [-0.15, -0.1) is 0 Å². The molecule has 0 aliphatic heterocycles. The standard InChI is InChI=1S/C34H27ClN4O4/c1-21-29(32(40)38(36-21)24-11-5-3-6-12-24)31(30-22(2)37-39(33(30)41)25-13-7-4-8-14-25)23-17-19-26(20-18-23)43-34(42)27-15-9-10-16-28(27)35/h3-20,31,36-37H,1-2H3. The Bertz CT molecular complexity index is 1940. The molecule has 0 fully saturated rings. The van der Waals surface area contributed by atoms with Crippen molar-refractivity contribution >= 4 is 17.6 Å². The molecular formula is C34H27ClN4O4. The number of H-pyrrole nitrogens is 2. The summed E-state index contributed by atoms with van der Waals surface area (Å²) in [7, 11) is 0. The Morgan fingerprint density at radius 1 is 0.674 bits per heavy atom. The van der Waals surface area contributed by atoms with Crippen LogP contribution in [-0.4, -0.2) is 25.5 Å². The predicted molar refractivity (Wildman–Crippen MR) is 166 cm³/mol. The Balaban J connectivity index is 1.47. The van der Waals surface area contributed by atoms with Crippen molar-refractivity contribution in [3.8, 4) is 17.1 Å². The van der Waals surface area contributed by atoms with Crippen molar-refractivity contribution in [3.05, 3.63) is 169 Å². The Hall–Kier alpha value is -5.34. The summed E-state index contributed by atoms with van der Waals surface area (Å²) in [6, 6.07) is 32.0. The highest BCUT2D eigenvalue weighted by Gasteiger charge is 2.31. The molecule has 4 aromatic carbocycles. The third-order valence-corrected chi connectivity index (χ3v) is 7.69. The zero-order valence-corrected chi connectivity index (χ0v) is 24.1. The predicted octanol–water partition coefficient (Wildman–Crippen LogP) is 6.31. The normalized spacial score (nSPS) is 11.2. The highest BCUT2D eigenvalue weighted by Crippen LogP contribution is 2.33. The minimum atomic E-state index is -0.726. The minimum Gasteiger partial charge on any atom is -0.423 e. The average Bonchev–Trinajstić information content (AvgIpc) is 3.49. The van der Waals surface area contributed by atoms with Crippen LogP contribution in [0.15, 0.2) is 119 Å². The van der Waals surface area contributed by atoms with Gasteiger partial charge in [-0.25, -0.2) is 14.2 Å². The number of halogens is 1. The maximum absolute atomic E-state index is 14.0. The number of benzene rings is 4. The number of nitrogens with one attached hydrogen (secondary N) is 2. The van der Waals surface area contributed by atoms with Gasteiger partial charge in [0, 0.05) is 17.3 Å². The van der Waals surface area contributed by atoms with Crippen LogP contribution in [0.4, 0.5) is 0 Å². The van der Waals surface area contributed by atoms with Crippen molar-refractivity contribution in [2.75, 3.05) is 0 Å². The third kappa shape index (κ3) is 5.24. The smallest absolute Gasteiger partial charge is 0.345 e. The number of para-hydroxylation sites is 2. The van der Waals surface area contributed by atoms with Crippen molar-refractivity contribution in [3.63, 3.8) is 0 Å². The van der Waals surface area contributed by atoms with Gasteiger partial charge in [0.2, 0.25) is 0 Å². The molecule has 214 valence electrons. The molecule has 0 aliphatic rings. The molecule has 0 atom stereocenters. The zero-order valence-electron chi connectivity index (χ0n) is 23.4. The number of carbonyl (C=O) groups is 1. The van der Waals surface area contributed by atoms with Crippen LogP contribution in [0, 0.1) is 13.8 Å².